The van der Waals surface area contributed by atoms with Crippen molar-refractivity contribution in [3.8, 4) is 5.75 Å². The monoisotopic (exact) mass is 300 g/mol. The largest absolute Gasteiger partial charge is 0.496 e. The van der Waals surface area contributed by atoms with E-state index in [1.54, 1.807) is 7.11 Å². The maximum atomic E-state index is 5.85. The van der Waals surface area contributed by atoms with Crippen LogP contribution in [0, 0.1) is 6.92 Å². The lowest BCUT2D eigenvalue weighted by atomic mass is 10.1. The SMILES string of the molecule is COc1ccccc1CN(C)c1ccc(C)cc1C(N)=S. The fraction of sp³-hybridized carbons (Fsp3) is 0.235. The molecule has 0 atom stereocenters. The minimum Gasteiger partial charge on any atom is -0.496 e. The normalized spacial score (nSPS) is 10.2. The number of nitrogens with zero attached hydrogens (tertiary/aromatic N) is 1. The minimum atomic E-state index is 0.417. The average molecular weight is 300 g/mol. The number of methoxy groups -OCH3 is 1. The molecule has 2 rings (SSSR count). The first kappa shape index (κ1) is 15.3. The maximum Gasteiger partial charge on any atom is 0.123 e. The fourth-order valence-electron chi connectivity index (χ4n) is 2.35. The van der Waals surface area contributed by atoms with Gasteiger partial charge in [-0.15, -0.1) is 0 Å². The van der Waals surface area contributed by atoms with Gasteiger partial charge >= 0.3 is 0 Å². The summed E-state index contributed by atoms with van der Waals surface area (Å²) in [5.74, 6) is 0.883. The summed E-state index contributed by atoms with van der Waals surface area (Å²) in [6, 6.07) is 14.1. The highest BCUT2D eigenvalue weighted by Crippen LogP contribution is 2.25. The molecule has 0 spiro atoms. The van der Waals surface area contributed by atoms with Gasteiger partial charge in [-0.3, -0.25) is 0 Å². The van der Waals surface area contributed by atoms with E-state index in [0.717, 1.165) is 34.7 Å². The van der Waals surface area contributed by atoms with Crippen LogP contribution in [0.25, 0.3) is 0 Å². The lowest BCUT2D eigenvalue weighted by Gasteiger charge is -2.23. The molecule has 0 aliphatic carbocycles. The third kappa shape index (κ3) is 3.52. The van der Waals surface area contributed by atoms with Crippen LogP contribution in [0.15, 0.2) is 42.5 Å². The van der Waals surface area contributed by atoms with E-state index in [2.05, 4.69) is 23.1 Å². The summed E-state index contributed by atoms with van der Waals surface area (Å²) < 4.78 is 5.40. The van der Waals surface area contributed by atoms with Crippen LogP contribution >= 0.6 is 12.2 Å². The van der Waals surface area contributed by atoms with Crippen LogP contribution in [-0.2, 0) is 6.54 Å². The molecule has 2 aromatic rings. The summed E-state index contributed by atoms with van der Waals surface area (Å²) in [5.41, 5.74) is 10.1. The highest BCUT2D eigenvalue weighted by molar-refractivity contribution is 7.80. The molecule has 0 saturated heterocycles. The number of nitrogens with two attached hydrogens (primary N) is 1. The molecule has 2 N–H and O–H groups in total. The van der Waals surface area contributed by atoms with Crippen LogP contribution in [0.1, 0.15) is 16.7 Å². The zero-order chi connectivity index (χ0) is 15.4. The zero-order valence-corrected chi connectivity index (χ0v) is 13.4. The third-order valence-electron chi connectivity index (χ3n) is 3.43. The van der Waals surface area contributed by atoms with E-state index >= 15 is 0 Å². The average Bonchev–Trinajstić information content (AvgIpc) is 2.47. The van der Waals surface area contributed by atoms with E-state index < -0.39 is 0 Å². The highest BCUT2D eigenvalue weighted by atomic mass is 32.1. The van der Waals surface area contributed by atoms with E-state index in [-0.39, 0.29) is 0 Å². The van der Waals surface area contributed by atoms with Gasteiger partial charge < -0.3 is 15.4 Å². The molecule has 0 heterocycles. The Labute approximate surface area is 131 Å². The summed E-state index contributed by atoms with van der Waals surface area (Å²) in [6.07, 6.45) is 0. The Morgan fingerprint density at radius 2 is 1.95 bits per heavy atom. The fourth-order valence-corrected chi connectivity index (χ4v) is 2.52. The topological polar surface area (TPSA) is 38.5 Å². The van der Waals surface area contributed by atoms with Crippen molar-refractivity contribution in [2.75, 3.05) is 19.1 Å². The number of hydrogen-bond donors (Lipinski definition) is 1. The van der Waals surface area contributed by atoms with Gasteiger partial charge in [0.15, 0.2) is 0 Å². The van der Waals surface area contributed by atoms with Crippen LogP contribution in [0.5, 0.6) is 5.75 Å². The van der Waals surface area contributed by atoms with Crippen molar-refractivity contribution in [1.82, 2.24) is 0 Å². The summed E-state index contributed by atoms with van der Waals surface area (Å²) in [4.78, 5) is 2.55. The molecule has 2 aromatic carbocycles. The standard InChI is InChI=1S/C17H20N2OS/c1-12-8-9-15(14(10-12)17(18)21)19(2)11-13-6-4-5-7-16(13)20-3/h4-10H,11H2,1-3H3,(H2,18,21). The van der Waals surface area contributed by atoms with Crippen LogP contribution < -0.4 is 15.4 Å². The minimum absolute atomic E-state index is 0.417. The second kappa shape index (κ2) is 6.59. The Kier molecular flexibility index (Phi) is 4.81. The Bertz CT molecular complexity index is 655. The molecule has 0 aliphatic heterocycles. The van der Waals surface area contributed by atoms with Gasteiger partial charge in [0.1, 0.15) is 10.7 Å². The number of benzene rings is 2. The van der Waals surface area contributed by atoms with Gasteiger partial charge in [-0.2, -0.15) is 0 Å². The number of para-hydroxylation sites is 1. The van der Waals surface area contributed by atoms with E-state index in [0.29, 0.717) is 4.99 Å². The van der Waals surface area contributed by atoms with Crippen molar-refractivity contribution in [1.29, 1.82) is 0 Å². The van der Waals surface area contributed by atoms with E-state index in [1.165, 1.54) is 0 Å². The smallest absolute Gasteiger partial charge is 0.123 e. The summed E-state index contributed by atoms with van der Waals surface area (Å²) >= 11 is 5.17. The molecule has 0 fully saturated rings. The number of aryl methyl sites for hydroxylation is 1. The van der Waals surface area contributed by atoms with Crippen LogP contribution in [0.4, 0.5) is 5.69 Å². The number of hydrogen-bond acceptors (Lipinski definition) is 3. The van der Waals surface area contributed by atoms with Gasteiger partial charge in [-0.1, -0.05) is 42.0 Å². The quantitative estimate of drug-likeness (QED) is 0.860. The molecular weight excluding hydrogens is 280 g/mol. The molecule has 0 unspecified atom stereocenters. The number of anilines is 1. The number of ether oxygens (including phenoxy) is 1. The van der Waals surface area contributed by atoms with Gasteiger partial charge in [0.05, 0.1) is 7.11 Å². The third-order valence-corrected chi connectivity index (χ3v) is 3.65. The molecular formula is C17H20N2OS. The Morgan fingerprint density at radius 1 is 1.24 bits per heavy atom. The summed E-state index contributed by atoms with van der Waals surface area (Å²) in [6.45, 7) is 2.76. The maximum absolute atomic E-state index is 5.85. The van der Waals surface area contributed by atoms with Crippen molar-refractivity contribution in [2.45, 2.75) is 13.5 Å². The van der Waals surface area contributed by atoms with E-state index in [9.17, 15) is 0 Å². The van der Waals surface area contributed by atoms with Gasteiger partial charge in [0.2, 0.25) is 0 Å². The summed E-state index contributed by atoms with van der Waals surface area (Å²) in [7, 11) is 3.71. The Balaban J connectivity index is 2.32. The molecule has 0 bridgehead atoms. The molecule has 0 saturated carbocycles. The lowest BCUT2D eigenvalue weighted by molar-refractivity contribution is 0.409. The van der Waals surface area contributed by atoms with Gasteiger partial charge in [-0.05, 0) is 25.1 Å². The first-order chi connectivity index (χ1) is 10.0. The van der Waals surface area contributed by atoms with Crippen molar-refractivity contribution in [3.63, 3.8) is 0 Å². The first-order valence-electron chi connectivity index (χ1n) is 6.76. The van der Waals surface area contributed by atoms with E-state index in [1.807, 2.05) is 38.2 Å². The molecule has 0 aliphatic rings. The number of thiocarbonyl (C=S) groups is 1. The van der Waals surface area contributed by atoms with Crippen molar-refractivity contribution in [3.05, 3.63) is 59.2 Å². The molecule has 21 heavy (non-hydrogen) atoms. The molecule has 3 nitrogen and oxygen atoms in total. The Hall–Kier alpha value is -2.07. The van der Waals surface area contributed by atoms with E-state index in [4.69, 9.17) is 22.7 Å². The molecule has 0 amide bonds. The predicted octanol–water partition coefficient (Wildman–Crippen LogP) is 3.27. The summed E-state index contributed by atoms with van der Waals surface area (Å²) in [5, 5.41) is 0. The molecule has 4 heteroatoms. The zero-order valence-electron chi connectivity index (χ0n) is 12.6. The molecule has 110 valence electrons. The van der Waals surface area contributed by atoms with Crippen molar-refractivity contribution >= 4 is 22.9 Å². The Morgan fingerprint density at radius 3 is 2.62 bits per heavy atom. The highest BCUT2D eigenvalue weighted by Gasteiger charge is 2.12. The van der Waals surface area contributed by atoms with Crippen LogP contribution in [-0.4, -0.2) is 19.1 Å². The molecule has 0 radical (unpaired) electrons. The second-order valence-corrected chi connectivity index (χ2v) is 5.49. The first-order valence-corrected chi connectivity index (χ1v) is 7.17. The number of rotatable bonds is 5. The predicted molar refractivity (Wildman–Crippen MR) is 92.2 cm³/mol. The van der Waals surface area contributed by atoms with Crippen LogP contribution in [0.2, 0.25) is 0 Å². The van der Waals surface area contributed by atoms with Crippen molar-refractivity contribution in [2.24, 2.45) is 5.73 Å². The second-order valence-electron chi connectivity index (χ2n) is 5.05. The van der Waals surface area contributed by atoms with Gasteiger partial charge in [-0.25, -0.2) is 0 Å². The van der Waals surface area contributed by atoms with Crippen molar-refractivity contribution < 1.29 is 4.74 Å². The van der Waals surface area contributed by atoms with Gasteiger partial charge in [0.25, 0.3) is 0 Å². The molecule has 0 aromatic heterocycles. The van der Waals surface area contributed by atoms with Crippen LogP contribution in [0.3, 0.4) is 0 Å². The van der Waals surface area contributed by atoms with Gasteiger partial charge in [0, 0.05) is 30.4 Å². The lowest BCUT2D eigenvalue weighted by Crippen LogP contribution is -2.22.